The molecule has 0 aromatic heterocycles. The van der Waals surface area contributed by atoms with E-state index in [2.05, 4.69) is 12.2 Å². The highest BCUT2D eigenvalue weighted by atomic mass is 19.1. The number of benzene rings is 1. The summed E-state index contributed by atoms with van der Waals surface area (Å²) in [5.74, 6) is 0.309. The maximum absolute atomic E-state index is 13.1. The first kappa shape index (κ1) is 12.8. The minimum atomic E-state index is -0.349. The standard InChI is InChI=1S/C12H18FNO2/c1-9(8-15-2)7-14-10-4-5-11(13)12(6-10)16-3/h4-6,9,14H,7-8H2,1-3H3. The zero-order chi connectivity index (χ0) is 12.0. The molecular weight excluding hydrogens is 209 g/mol. The summed E-state index contributed by atoms with van der Waals surface area (Å²) in [6.45, 7) is 3.56. The van der Waals surface area contributed by atoms with E-state index in [0.717, 1.165) is 12.2 Å². The molecule has 1 rings (SSSR count). The molecule has 1 atom stereocenters. The van der Waals surface area contributed by atoms with E-state index in [1.54, 1.807) is 19.2 Å². The minimum Gasteiger partial charge on any atom is -0.494 e. The first-order valence-corrected chi connectivity index (χ1v) is 5.23. The summed E-state index contributed by atoms with van der Waals surface area (Å²) in [5.41, 5.74) is 0.848. The Morgan fingerprint density at radius 3 is 2.75 bits per heavy atom. The molecule has 0 aliphatic heterocycles. The first-order chi connectivity index (χ1) is 7.67. The van der Waals surface area contributed by atoms with Crippen molar-refractivity contribution in [2.24, 2.45) is 5.92 Å². The van der Waals surface area contributed by atoms with Crippen LogP contribution >= 0.6 is 0 Å². The van der Waals surface area contributed by atoms with Crippen molar-refractivity contribution in [3.63, 3.8) is 0 Å². The van der Waals surface area contributed by atoms with Crippen LogP contribution in [0.25, 0.3) is 0 Å². The highest BCUT2D eigenvalue weighted by molar-refractivity contribution is 5.48. The molecule has 0 saturated carbocycles. The van der Waals surface area contributed by atoms with Crippen molar-refractivity contribution in [1.29, 1.82) is 0 Å². The van der Waals surface area contributed by atoms with Gasteiger partial charge in [-0.05, 0) is 18.1 Å². The Kier molecular flexibility index (Phi) is 5.05. The second-order valence-electron chi connectivity index (χ2n) is 3.79. The largest absolute Gasteiger partial charge is 0.494 e. The molecule has 0 aliphatic rings. The van der Waals surface area contributed by atoms with Crippen LogP contribution in [0.2, 0.25) is 0 Å². The number of hydrogen-bond donors (Lipinski definition) is 1. The van der Waals surface area contributed by atoms with Crippen LogP contribution in [0.3, 0.4) is 0 Å². The summed E-state index contributed by atoms with van der Waals surface area (Å²) < 4.78 is 23.0. The van der Waals surface area contributed by atoms with Gasteiger partial charge >= 0.3 is 0 Å². The van der Waals surface area contributed by atoms with Crippen LogP contribution in [0, 0.1) is 11.7 Å². The summed E-state index contributed by atoms with van der Waals surface area (Å²) in [6, 6.07) is 4.73. The van der Waals surface area contributed by atoms with Gasteiger partial charge in [-0.1, -0.05) is 6.92 Å². The molecule has 0 amide bonds. The van der Waals surface area contributed by atoms with Gasteiger partial charge in [-0.15, -0.1) is 0 Å². The van der Waals surface area contributed by atoms with Gasteiger partial charge in [0.1, 0.15) is 0 Å². The fourth-order valence-electron chi connectivity index (χ4n) is 1.41. The highest BCUT2D eigenvalue weighted by Crippen LogP contribution is 2.21. The minimum absolute atomic E-state index is 0.254. The number of halogens is 1. The Labute approximate surface area is 95.6 Å². The number of methoxy groups -OCH3 is 2. The van der Waals surface area contributed by atoms with Gasteiger partial charge < -0.3 is 14.8 Å². The third kappa shape index (κ3) is 3.70. The molecule has 1 N–H and O–H groups in total. The number of anilines is 1. The Hall–Kier alpha value is -1.29. The predicted molar refractivity (Wildman–Crippen MR) is 62.5 cm³/mol. The Bertz CT molecular complexity index is 331. The van der Waals surface area contributed by atoms with E-state index < -0.39 is 0 Å². The van der Waals surface area contributed by atoms with Crippen LogP contribution in [0.15, 0.2) is 18.2 Å². The molecular formula is C12H18FNO2. The van der Waals surface area contributed by atoms with Crippen molar-refractivity contribution in [2.45, 2.75) is 6.92 Å². The molecule has 1 unspecified atom stereocenters. The van der Waals surface area contributed by atoms with Gasteiger partial charge in [0.25, 0.3) is 0 Å². The van der Waals surface area contributed by atoms with Gasteiger partial charge in [0.2, 0.25) is 0 Å². The molecule has 1 aromatic carbocycles. The molecule has 3 nitrogen and oxygen atoms in total. The fourth-order valence-corrected chi connectivity index (χ4v) is 1.41. The number of hydrogen-bond acceptors (Lipinski definition) is 3. The van der Waals surface area contributed by atoms with Crippen LogP contribution in [-0.4, -0.2) is 27.4 Å². The highest BCUT2D eigenvalue weighted by Gasteiger charge is 2.05. The molecule has 0 heterocycles. The summed E-state index contributed by atoms with van der Waals surface area (Å²) in [5, 5.41) is 3.20. The van der Waals surface area contributed by atoms with Gasteiger partial charge in [0, 0.05) is 25.4 Å². The summed E-state index contributed by atoms with van der Waals surface area (Å²) >= 11 is 0. The molecule has 0 spiro atoms. The third-order valence-corrected chi connectivity index (χ3v) is 2.26. The Balaban J connectivity index is 2.54. The maximum Gasteiger partial charge on any atom is 0.165 e. The predicted octanol–water partition coefficient (Wildman–Crippen LogP) is 2.53. The lowest BCUT2D eigenvalue weighted by Crippen LogP contribution is -2.15. The van der Waals surface area contributed by atoms with Gasteiger partial charge in [0.05, 0.1) is 13.7 Å². The van der Waals surface area contributed by atoms with E-state index in [9.17, 15) is 4.39 Å². The fraction of sp³-hybridized carbons (Fsp3) is 0.500. The van der Waals surface area contributed by atoms with Crippen molar-refractivity contribution in [2.75, 3.05) is 32.7 Å². The van der Waals surface area contributed by atoms with E-state index >= 15 is 0 Å². The van der Waals surface area contributed by atoms with Gasteiger partial charge in [-0.2, -0.15) is 0 Å². The Morgan fingerprint density at radius 2 is 2.12 bits per heavy atom. The number of ether oxygens (including phenoxy) is 2. The average molecular weight is 227 g/mol. The second kappa shape index (κ2) is 6.33. The first-order valence-electron chi connectivity index (χ1n) is 5.23. The zero-order valence-corrected chi connectivity index (χ0v) is 9.92. The van der Waals surface area contributed by atoms with Crippen LogP contribution in [0.4, 0.5) is 10.1 Å². The molecule has 0 bridgehead atoms. The van der Waals surface area contributed by atoms with Gasteiger partial charge in [-0.25, -0.2) is 4.39 Å². The monoisotopic (exact) mass is 227 g/mol. The smallest absolute Gasteiger partial charge is 0.165 e. The maximum atomic E-state index is 13.1. The van der Waals surface area contributed by atoms with Crippen molar-refractivity contribution < 1.29 is 13.9 Å². The lowest BCUT2D eigenvalue weighted by Gasteiger charge is -2.13. The third-order valence-electron chi connectivity index (χ3n) is 2.26. The van der Waals surface area contributed by atoms with Gasteiger partial charge in [0.15, 0.2) is 11.6 Å². The lowest BCUT2D eigenvalue weighted by molar-refractivity contribution is 0.164. The lowest BCUT2D eigenvalue weighted by atomic mass is 10.2. The molecule has 4 heteroatoms. The second-order valence-corrected chi connectivity index (χ2v) is 3.79. The summed E-state index contributed by atoms with van der Waals surface area (Å²) in [7, 11) is 3.13. The normalized spacial score (nSPS) is 12.2. The SMILES string of the molecule is COCC(C)CNc1ccc(F)c(OC)c1. The summed E-state index contributed by atoms with van der Waals surface area (Å²) in [4.78, 5) is 0. The van der Waals surface area contributed by atoms with E-state index in [1.165, 1.54) is 13.2 Å². The van der Waals surface area contributed by atoms with Crippen molar-refractivity contribution >= 4 is 5.69 Å². The van der Waals surface area contributed by atoms with E-state index in [4.69, 9.17) is 9.47 Å². The number of nitrogens with one attached hydrogen (secondary N) is 1. The van der Waals surface area contributed by atoms with Crippen molar-refractivity contribution in [3.05, 3.63) is 24.0 Å². The molecule has 16 heavy (non-hydrogen) atoms. The van der Waals surface area contributed by atoms with E-state index in [-0.39, 0.29) is 11.6 Å². The van der Waals surface area contributed by atoms with Crippen LogP contribution < -0.4 is 10.1 Å². The van der Waals surface area contributed by atoms with Crippen LogP contribution in [-0.2, 0) is 4.74 Å². The molecule has 0 radical (unpaired) electrons. The van der Waals surface area contributed by atoms with E-state index in [0.29, 0.717) is 12.5 Å². The zero-order valence-electron chi connectivity index (χ0n) is 9.92. The van der Waals surface area contributed by atoms with E-state index in [1.807, 2.05) is 0 Å². The topological polar surface area (TPSA) is 30.5 Å². The molecule has 90 valence electrons. The molecule has 0 saturated heterocycles. The molecule has 1 aromatic rings. The van der Waals surface area contributed by atoms with Crippen LogP contribution in [0.5, 0.6) is 5.75 Å². The number of rotatable bonds is 6. The molecule has 0 aliphatic carbocycles. The van der Waals surface area contributed by atoms with Gasteiger partial charge in [-0.3, -0.25) is 0 Å². The van der Waals surface area contributed by atoms with Crippen LogP contribution in [0.1, 0.15) is 6.92 Å². The van der Waals surface area contributed by atoms with Crippen molar-refractivity contribution in [3.8, 4) is 5.75 Å². The quantitative estimate of drug-likeness (QED) is 0.810. The summed E-state index contributed by atoms with van der Waals surface area (Å²) in [6.07, 6.45) is 0. The average Bonchev–Trinajstić information content (AvgIpc) is 2.28. The Morgan fingerprint density at radius 1 is 1.38 bits per heavy atom. The van der Waals surface area contributed by atoms with Crippen molar-refractivity contribution in [1.82, 2.24) is 0 Å². The molecule has 0 fully saturated rings.